The summed E-state index contributed by atoms with van der Waals surface area (Å²) >= 11 is 0. The predicted octanol–water partition coefficient (Wildman–Crippen LogP) is 4.67. The van der Waals surface area contributed by atoms with Crippen molar-refractivity contribution in [2.24, 2.45) is 18.4 Å². The Morgan fingerprint density at radius 2 is 1.91 bits per heavy atom. The van der Waals surface area contributed by atoms with Crippen molar-refractivity contribution < 1.29 is 9.90 Å². The van der Waals surface area contributed by atoms with Gasteiger partial charge in [0.2, 0.25) is 0 Å². The van der Waals surface area contributed by atoms with Crippen molar-refractivity contribution >= 4 is 17.3 Å². The third kappa shape index (κ3) is 5.58. The molecule has 172 valence electrons. The topological polar surface area (TPSA) is 89.2 Å². The normalized spacial score (nSPS) is 13.0. The van der Waals surface area contributed by atoms with E-state index in [1.807, 2.05) is 30.3 Å². The molecule has 0 aliphatic heterocycles. The molecule has 0 bridgehead atoms. The molecule has 7 nitrogen and oxygen atoms in total. The number of imidazole rings is 1. The second-order valence-corrected chi connectivity index (χ2v) is 10.2. The molecule has 2 aromatic heterocycles. The van der Waals surface area contributed by atoms with E-state index in [-0.39, 0.29) is 17.1 Å². The molecule has 0 spiro atoms. The molecule has 0 aliphatic carbocycles. The number of pyridine rings is 1. The van der Waals surface area contributed by atoms with E-state index in [4.69, 9.17) is 4.98 Å². The number of hydrogen-bond acceptors (Lipinski definition) is 3. The molecule has 0 radical (unpaired) electrons. The summed E-state index contributed by atoms with van der Waals surface area (Å²) in [6.07, 6.45) is 0.380. The van der Waals surface area contributed by atoms with E-state index in [9.17, 15) is 14.7 Å². The first-order chi connectivity index (χ1) is 14.9. The van der Waals surface area contributed by atoms with Gasteiger partial charge in [-0.3, -0.25) is 9.13 Å². The van der Waals surface area contributed by atoms with Crippen LogP contribution >= 0.6 is 0 Å². The summed E-state index contributed by atoms with van der Waals surface area (Å²) in [6, 6.07) is 11.8. The van der Waals surface area contributed by atoms with Crippen molar-refractivity contribution in [3.8, 4) is 11.3 Å². The van der Waals surface area contributed by atoms with Crippen LogP contribution in [0.1, 0.15) is 46.6 Å². The minimum Gasteiger partial charge on any atom is -0.465 e. The van der Waals surface area contributed by atoms with Crippen molar-refractivity contribution in [3.63, 3.8) is 0 Å². The van der Waals surface area contributed by atoms with E-state index in [2.05, 4.69) is 46.0 Å². The van der Waals surface area contributed by atoms with E-state index in [0.717, 1.165) is 28.8 Å². The Labute approximate surface area is 189 Å². The molecule has 0 fully saturated rings. The Morgan fingerprint density at radius 1 is 1.19 bits per heavy atom. The lowest BCUT2D eigenvalue weighted by atomic mass is 9.96. The molecule has 0 saturated heterocycles. The molecule has 0 saturated carbocycles. The summed E-state index contributed by atoms with van der Waals surface area (Å²) in [5.41, 5.74) is 4.17. The summed E-state index contributed by atoms with van der Waals surface area (Å²) in [5.74, 6) is 0.387. The van der Waals surface area contributed by atoms with Gasteiger partial charge >= 0.3 is 11.8 Å². The molecule has 3 rings (SSSR count). The van der Waals surface area contributed by atoms with Gasteiger partial charge in [0, 0.05) is 25.2 Å². The van der Waals surface area contributed by atoms with Crippen LogP contribution < -0.4 is 11.0 Å². The second-order valence-electron chi connectivity index (χ2n) is 10.2. The maximum absolute atomic E-state index is 12.8. The third-order valence-electron chi connectivity index (χ3n) is 5.40. The minimum atomic E-state index is -1.00. The van der Waals surface area contributed by atoms with Crippen LogP contribution in [-0.2, 0) is 20.0 Å². The average Bonchev–Trinajstić information content (AvgIpc) is 2.90. The van der Waals surface area contributed by atoms with Crippen LogP contribution in [0.15, 0.2) is 41.2 Å². The Kier molecular flexibility index (Phi) is 6.77. The molecule has 7 heteroatoms. The summed E-state index contributed by atoms with van der Waals surface area (Å²) in [4.78, 5) is 28.8. The van der Waals surface area contributed by atoms with Gasteiger partial charge in [-0.15, -0.1) is 0 Å². The van der Waals surface area contributed by atoms with Gasteiger partial charge < -0.3 is 10.4 Å². The van der Waals surface area contributed by atoms with E-state index in [1.54, 1.807) is 16.2 Å². The number of rotatable bonds is 7. The molecular weight excluding hydrogens is 404 g/mol. The van der Waals surface area contributed by atoms with Gasteiger partial charge in [-0.1, -0.05) is 52.8 Å². The first kappa shape index (κ1) is 23.6. The summed E-state index contributed by atoms with van der Waals surface area (Å²) in [6.45, 7) is 11.1. The fourth-order valence-electron chi connectivity index (χ4n) is 4.14. The predicted molar refractivity (Wildman–Crippen MR) is 128 cm³/mol. The molecule has 1 unspecified atom stereocenters. The lowest BCUT2D eigenvalue weighted by molar-refractivity contribution is 0.188. The number of amides is 1. The van der Waals surface area contributed by atoms with Crippen LogP contribution in [-0.4, -0.2) is 31.4 Å². The summed E-state index contributed by atoms with van der Waals surface area (Å²) in [5, 5.41) is 11.8. The number of benzene rings is 1. The standard InChI is InChI=1S/C25H34N4O3/c1-16(2)12-19(26-23(30)31)14-17-8-7-9-18(13-17)20-10-11-21-22(27-20)28(6)24(32)29(21)15-25(3,4)5/h7-11,13,16,19,26H,12,14-15H2,1-6H3,(H,30,31). The molecule has 0 aliphatic rings. The van der Waals surface area contributed by atoms with E-state index < -0.39 is 6.09 Å². The fraction of sp³-hybridized carbons (Fsp3) is 0.480. The first-order valence-electron chi connectivity index (χ1n) is 11.1. The number of nitrogens with one attached hydrogen (secondary N) is 1. The van der Waals surface area contributed by atoms with Gasteiger partial charge in [0.05, 0.1) is 11.2 Å². The Bertz CT molecular complexity index is 1170. The van der Waals surface area contributed by atoms with Gasteiger partial charge in [-0.25, -0.2) is 14.6 Å². The molecule has 1 amide bonds. The van der Waals surface area contributed by atoms with Crippen molar-refractivity contribution in [3.05, 3.63) is 52.4 Å². The highest BCUT2D eigenvalue weighted by atomic mass is 16.4. The van der Waals surface area contributed by atoms with Crippen LogP contribution in [0.4, 0.5) is 4.79 Å². The number of aryl methyl sites for hydroxylation is 1. The van der Waals surface area contributed by atoms with Crippen LogP contribution in [0.3, 0.4) is 0 Å². The average molecular weight is 439 g/mol. The van der Waals surface area contributed by atoms with Crippen molar-refractivity contribution in [1.29, 1.82) is 0 Å². The number of fused-ring (bicyclic) bond motifs is 1. The number of carbonyl (C=O) groups is 1. The van der Waals surface area contributed by atoms with Gasteiger partial charge in [-0.05, 0) is 47.9 Å². The van der Waals surface area contributed by atoms with Gasteiger partial charge in [0.15, 0.2) is 5.65 Å². The minimum absolute atomic E-state index is 0.0262. The second kappa shape index (κ2) is 9.18. The van der Waals surface area contributed by atoms with Gasteiger partial charge in [0.25, 0.3) is 0 Å². The number of nitrogens with zero attached hydrogens (tertiary/aromatic N) is 3. The molecule has 2 heterocycles. The largest absolute Gasteiger partial charge is 0.465 e. The molecule has 2 N–H and O–H groups in total. The zero-order chi connectivity index (χ0) is 23.6. The molecular formula is C25H34N4O3. The Hall–Kier alpha value is -3.09. The van der Waals surface area contributed by atoms with Crippen LogP contribution in [0.25, 0.3) is 22.4 Å². The Balaban J connectivity index is 1.95. The summed E-state index contributed by atoms with van der Waals surface area (Å²) < 4.78 is 3.39. The smallest absolute Gasteiger partial charge is 0.404 e. The zero-order valence-electron chi connectivity index (χ0n) is 19.8. The molecule has 3 aromatic rings. The highest BCUT2D eigenvalue weighted by molar-refractivity contribution is 5.76. The first-order valence-corrected chi connectivity index (χ1v) is 11.1. The highest BCUT2D eigenvalue weighted by Gasteiger charge is 2.19. The molecule has 1 atom stereocenters. The fourth-order valence-corrected chi connectivity index (χ4v) is 4.14. The molecule has 32 heavy (non-hydrogen) atoms. The lowest BCUT2D eigenvalue weighted by Gasteiger charge is -2.19. The van der Waals surface area contributed by atoms with Crippen LogP contribution in [0.5, 0.6) is 0 Å². The number of hydrogen-bond donors (Lipinski definition) is 2. The summed E-state index contributed by atoms with van der Waals surface area (Å²) in [7, 11) is 1.76. The number of aromatic nitrogens is 3. The van der Waals surface area contributed by atoms with Gasteiger partial charge in [0.1, 0.15) is 0 Å². The highest BCUT2D eigenvalue weighted by Crippen LogP contribution is 2.24. The monoisotopic (exact) mass is 438 g/mol. The van der Waals surface area contributed by atoms with E-state index >= 15 is 0 Å². The van der Waals surface area contributed by atoms with Crippen molar-refractivity contribution in [1.82, 2.24) is 19.4 Å². The zero-order valence-corrected chi connectivity index (χ0v) is 19.8. The lowest BCUT2D eigenvalue weighted by Crippen LogP contribution is -2.36. The Morgan fingerprint density at radius 3 is 2.53 bits per heavy atom. The van der Waals surface area contributed by atoms with Gasteiger partial charge in [-0.2, -0.15) is 0 Å². The third-order valence-corrected chi connectivity index (χ3v) is 5.40. The van der Waals surface area contributed by atoms with Crippen molar-refractivity contribution in [2.45, 2.75) is 60.0 Å². The maximum Gasteiger partial charge on any atom is 0.404 e. The van der Waals surface area contributed by atoms with Crippen LogP contribution in [0.2, 0.25) is 0 Å². The van der Waals surface area contributed by atoms with Crippen molar-refractivity contribution in [2.75, 3.05) is 0 Å². The van der Waals surface area contributed by atoms with E-state index in [1.165, 1.54) is 0 Å². The van der Waals surface area contributed by atoms with Crippen LogP contribution in [0, 0.1) is 11.3 Å². The SMILES string of the molecule is CC(C)CC(Cc1cccc(-c2ccc3c(n2)n(C)c(=O)n3CC(C)(C)C)c1)NC(=O)O. The quantitative estimate of drug-likeness (QED) is 0.561. The van der Waals surface area contributed by atoms with E-state index in [0.29, 0.717) is 24.5 Å². The number of carboxylic acid groups (broad SMARTS) is 1. The maximum atomic E-state index is 12.8. The molecule has 1 aromatic carbocycles.